The number of esters is 1. The van der Waals surface area contributed by atoms with Crippen molar-refractivity contribution in [3.63, 3.8) is 0 Å². The lowest BCUT2D eigenvalue weighted by atomic mass is 10.3. The summed E-state index contributed by atoms with van der Waals surface area (Å²) >= 11 is 0. The molecule has 0 fully saturated rings. The fourth-order valence-corrected chi connectivity index (χ4v) is 1.59. The minimum Gasteiger partial charge on any atom is -0.494 e. The predicted octanol–water partition coefficient (Wildman–Crippen LogP) is 1.17. The third-order valence-corrected chi connectivity index (χ3v) is 2.59. The van der Waals surface area contributed by atoms with Crippen molar-refractivity contribution >= 4 is 5.97 Å². The van der Waals surface area contributed by atoms with Gasteiger partial charge in [0.05, 0.1) is 19.9 Å². The van der Waals surface area contributed by atoms with Crippen LogP contribution in [0.15, 0.2) is 35.3 Å². The molecule has 6 nitrogen and oxygen atoms in total. The van der Waals surface area contributed by atoms with Crippen LogP contribution in [0.2, 0.25) is 0 Å². The molecular formula is C13H11FN2O4. The van der Waals surface area contributed by atoms with Gasteiger partial charge in [0.15, 0.2) is 11.6 Å². The summed E-state index contributed by atoms with van der Waals surface area (Å²) in [5.74, 6) is -1.34. The number of rotatable bonds is 3. The molecule has 0 aliphatic carbocycles. The van der Waals surface area contributed by atoms with Crippen molar-refractivity contribution in [2.24, 2.45) is 0 Å². The quantitative estimate of drug-likeness (QED) is 0.788. The number of halogens is 1. The van der Waals surface area contributed by atoms with Gasteiger partial charge >= 0.3 is 5.97 Å². The summed E-state index contributed by atoms with van der Waals surface area (Å²) in [7, 11) is 2.50. The van der Waals surface area contributed by atoms with Crippen molar-refractivity contribution in [2.45, 2.75) is 0 Å². The number of ether oxygens (including phenoxy) is 2. The summed E-state index contributed by atoms with van der Waals surface area (Å²) in [6.07, 6.45) is 1.33. The van der Waals surface area contributed by atoms with Gasteiger partial charge in [-0.25, -0.2) is 13.9 Å². The van der Waals surface area contributed by atoms with E-state index >= 15 is 0 Å². The lowest BCUT2D eigenvalue weighted by Gasteiger charge is -2.08. The van der Waals surface area contributed by atoms with E-state index in [9.17, 15) is 14.0 Å². The molecule has 2 rings (SSSR count). The van der Waals surface area contributed by atoms with Gasteiger partial charge in [-0.3, -0.25) is 4.79 Å². The van der Waals surface area contributed by atoms with Crippen LogP contribution in [-0.4, -0.2) is 30.0 Å². The van der Waals surface area contributed by atoms with Crippen LogP contribution in [0.5, 0.6) is 5.75 Å². The van der Waals surface area contributed by atoms with Crippen LogP contribution in [0.3, 0.4) is 0 Å². The number of methoxy groups -OCH3 is 2. The fraction of sp³-hybridized carbons (Fsp3) is 0.154. The smallest absolute Gasteiger partial charge is 0.362 e. The van der Waals surface area contributed by atoms with Crippen LogP contribution in [-0.2, 0) is 4.74 Å². The SMILES string of the molecule is COC(=O)c1nn(-c2ccc(OC)c(F)c2)ccc1=O. The molecule has 2 aromatic rings. The Morgan fingerprint density at radius 3 is 2.65 bits per heavy atom. The third kappa shape index (κ3) is 2.51. The number of aromatic nitrogens is 2. The van der Waals surface area contributed by atoms with E-state index in [4.69, 9.17) is 4.74 Å². The Bertz CT molecular complexity index is 712. The Morgan fingerprint density at radius 2 is 2.05 bits per heavy atom. The molecule has 7 heteroatoms. The molecule has 1 aromatic carbocycles. The van der Waals surface area contributed by atoms with E-state index in [-0.39, 0.29) is 11.4 Å². The first-order chi connectivity index (χ1) is 9.56. The Hall–Kier alpha value is -2.70. The standard InChI is InChI=1S/C13H11FN2O4/c1-19-11-4-3-8(7-9(11)14)16-6-5-10(17)12(15-16)13(18)20-2/h3-7H,1-2H3. The molecule has 0 radical (unpaired) electrons. The van der Waals surface area contributed by atoms with Gasteiger partial charge in [-0.1, -0.05) is 0 Å². The molecule has 0 atom stereocenters. The van der Waals surface area contributed by atoms with Crippen LogP contribution < -0.4 is 10.2 Å². The maximum absolute atomic E-state index is 13.6. The number of nitrogens with zero attached hydrogens (tertiary/aromatic N) is 2. The molecule has 0 aliphatic rings. The summed E-state index contributed by atoms with van der Waals surface area (Å²) in [6, 6.07) is 5.29. The molecule has 104 valence electrons. The van der Waals surface area contributed by atoms with Gasteiger partial charge in [-0.05, 0) is 12.1 Å². The van der Waals surface area contributed by atoms with E-state index in [0.29, 0.717) is 5.69 Å². The van der Waals surface area contributed by atoms with Gasteiger partial charge in [-0.15, -0.1) is 0 Å². The van der Waals surface area contributed by atoms with Gasteiger partial charge in [0, 0.05) is 18.3 Å². The Morgan fingerprint density at radius 1 is 1.30 bits per heavy atom. The Kier molecular flexibility index (Phi) is 3.79. The summed E-state index contributed by atoms with van der Waals surface area (Å²) in [5.41, 5.74) is -0.596. The zero-order valence-corrected chi connectivity index (χ0v) is 10.8. The van der Waals surface area contributed by atoms with Crippen molar-refractivity contribution < 1.29 is 18.7 Å². The molecule has 1 aromatic heterocycles. The van der Waals surface area contributed by atoms with Gasteiger partial charge in [0.25, 0.3) is 0 Å². The molecule has 0 bridgehead atoms. The van der Waals surface area contributed by atoms with E-state index in [2.05, 4.69) is 9.84 Å². The molecule has 20 heavy (non-hydrogen) atoms. The van der Waals surface area contributed by atoms with Crippen LogP contribution >= 0.6 is 0 Å². The van der Waals surface area contributed by atoms with Crippen molar-refractivity contribution in [2.75, 3.05) is 14.2 Å². The van der Waals surface area contributed by atoms with Crippen LogP contribution in [0.4, 0.5) is 4.39 Å². The van der Waals surface area contributed by atoms with Gasteiger partial charge < -0.3 is 9.47 Å². The molecule has 0 amide bonds. The second-order valence-electron chi connectivity index (χ2n) is 3.78. The topological polar surface area (TPSA) is 70.4 Å². The second kappa shape index (κ2) is 5.52. The van der Waals surface area contributed by atoms with E-state index in [1.165, 1.54) is 30.1 Å². The molecule has 0 spiro atoms. The first-order valence-corrected chi connectivity index (χ1v) is 5.59. The zero-order valence-electron chi connectivity index (χ0n) is 10.8. The summed E-state index contributed by atoms with van der Waals surface area (Å²) in [6.45, 7) is 0. The molecule has 0 saturated carbocycles. The lowest BCUT2D eigenvalue weighted by molar-refractivity contribution is 0.0590. The van der Waals surface area contributed by atoms with Crippen molar-refractivity contribution in [3.8, 4) is 11.4 Å². The highest BCUT2D eigenvalue weighted by molar-refractivity contribution is 5.86. The first-order valence-electron chi connectivity index (χ1n) is 5.59. The van der Waals surface area contributed by atoms with E-state index in [1.807, 2.05) is 0 Å². The summed E-state index contributed by atoms with van der Waals surface area (Å²) in [4.78, 5) is 22.9. The number of carbonyl (C=O) groups is 1. The highest BCUT2D eigenvalue weighted by Gasteiger charge is 2.14. The minimum atomic E-state index is -0.849. The Labute approximate surface area is 113 Å². The van der Waals surface area contributed by atoms with Crippen molar-refractivity contribution in [3.05, 3.63) is 52.2 Å². The normalized spacial score (nSPS) is 10.2. The minimum absolute atomic E-state index is 0.0861. The summed E-state index contributed by atoms with van der Waals surface area (Å²) < 4.78 is 24.1. The number of hydrogen-bond acceptors (Lipinski definition) is 5. The molecule has 0 saturated heterocycles. The average Bonchev–Trinajstić information content (AvgIpc) is 2.47. The van der Waals surface area contributed by atoms with Crippen LogP contribution in [0.1, 0.15) is 10.5 Å². The first kappa shape index (κ1) is 13.7. The summed E-state index contributed by atoms with van der Waals surface area (Å²) in [5, 5.41) is 3.83. The monoisotopic (exact) mass is 278 g/mol. The van der Waals surface area contributed by atoms with E-state index in [1.54, 1.807) is 6.07 Å². The molecule has 0 unspecified atom stereocenters. The zero-order chi connectivity index (χ0) is 14.7. The van der Waals surface area contributed by atoms with Crippen LogP contribution in [0.25, 0.3) is 5.69 Å². The van der Waals surface area contributed by atoms with E-state index < -0.39 is 17.2 Å². The highest BCUT2D eigenvalue weighted by atomic mass is 19.1. The fourth-order valence-electron chi connectivity index (χ4n) is 1.59. The molecular weight excluding hydrogens is 267 g/mol. The maximum atomic E-state index is 13.6. The average molecular weight is 278 g/mol. The van der Waals surface area contributed by atoms with Crippen LogP contribution in [0, 0.1) is 5.82 Å². The number of carbonyl (C=O) groups excluding carboxylic acids is 1. The molecule has 1 heterocycles. The maximum Gasteiger partial charge on any atom is 0.362 e. The molecule has 0 aliphatic heterocycles. The van der Waals surface area contributed by atoms with E-state index in [0.717, 1.165) is 13.2 Å². The Balaban J connectivity index is 2.51. The van der Waals surface area contributed by atoms with Gasteiger partial charge in [-0.2, -0.15) is 5.10 Å². The number of benzene rings is 1. The number of hydrogen-bond donors (Lipinski definition) is 0. The predicted molar refractivity (Wildman–Crippen MR) is 67.7 cm³/mol. The highest BCUT2D eigenvalue weighted by Crippen LogP contribution is 2.19. The van der Waals surface area contributed by atoms with Crippen molar-refractivity contribution in [1.82, 2.24) is 9.78 Å². The largest absolute Gasteiger partial charge is 0.494 e. The van der Waals surface area contributed by atoms with Crippen molar-refractivity contribution in [1.29, 1.82) is 0 Å². The second-order valence-corrected chi connectivity index (χ2v) is 3.78. The van der Waals surface area contributed by atoms with Gasteiger partial charge in [0.2, 0.25) is 11.1 Å². The third-order valence-electron chi connectivity index (χ3n) is 2.59. The van der Waals surface area contributed by atoms with Gasteiger partial charge in [0.1, 0.15) is 0 Å². The molecule has 0 N–H and O–H groups in total. The lowest BCUT2D eigenvalue weighted by Crippen LogP contribution is -2.21.